The molecule has 0 spiro atoms. The molecule has 1 radical (unpaired) electrons. The van der Waals surface area contributed by atoms with Crippen molar-refractivity contribution in [1.82, 2.24) is 4.98 Å². The Kier molecular flexibility index (Phi) is 2.33. The molecule has 0 amide bonds. The zero-order chi connectivity index (χ0) is 6.85. The molecule has 1 rings (SSSR count). The first-order valence-corrected chi connectivity index (χ1v) is 3.92. The Balaban J connectivity index is 3.01. The third kappa shape index (κ3) is 1.57. The van der Waals surface area contributed by atoms with E-state index in [0.29, 0.717) is 8.80 Å². The summed E-state index contributed by atoms with van der Waals surface area (Å²) < 4.78 is 1.15. The highest BCUT2D eigenvalue weighted by Crippen LogP contribution is 2.27. The van der Waals surface area contributed by atoms with E-state index in [0.717, 1.165) is 5.69 Å². The highest BCUT2D eigenvalue weighted by atomic mass is 35.5. The molecule has 0 saturated heterocycles. The maximum Gasteiger partial charge on any atom is 0.185 e. The number of thiazole rings is 1. The van der Waals surface area contributed by atoms with Gasteiger partial charge in [-0.1, -0.05) is 41.5 Å². The van der Waals surface area contributed by atoms with Crippen molar-refractivity contribution in [3.8, 4) is 0 Å². The predicted octanol–water partition coefficient (Wildman–Crippen LogP) is 3.02. The quantitative estimate of drug-likeness (QED) is 0.648. The van der Waals surface area contributed by atoms with Crippen LogP contribution in [0.4, 0.5) is 0 Å². The molecule has 0 fully saturated rings. The van der Waals surface area contributed by atoms with E-state index < -0.39 is 0 Å². The van der Waals surface area contributed by atoms with Crippen LogP contribution in [0.15, 0.2) is 0 Å². The minimum atomic E-state index is 0.494. The van der Waals surface area contributed by atoms with E-state index >= 15 is 0 Å². The van der Waals surface area contributed by atoms with Crippen LogP contribution in [0.25, 0.3) is 0 Å². The molecule has 0 aromatic carbocycles. The van der Waals surface area contributed by atoms with Crippen LogP contribution in [0.5, 0.6) is 0 Å². The number of rotatable bonds is 1. The zero-order valence-electron chi connectivity index (χ0n) is 4.69. The smallest absolute Gasteiger partial charge is 0.185 e. The van der Waals surface area contributed by atoms with Crippen LogP contribution in [0.1, 0.15) is 12.6 Å². The van der Waals surface area contributed by atoms with Crippen LogP contribution in [0, 0.1) is 6.42 Å². The second-order valence-corrected chi connectivity index (χ2v) is 3.60. The highest BCUT2D eigenvalue weighted by molar-refractivity contribution is 7.19. The molecule has 0 aliphatic carbocycles. The second-order valence-electron chi connectivity index (χ2n) is 1.41. The molecular formula is C5H4Cl2NS. The Hall–Kier alpha value is 0.210. The van der Waals surface area contributed by atoms with Crippen molar-refractivity contribution in [2.45, 2.75) is 6.92 Å². The van der Waals surface area contributed by atoms with E-state index in [9.17, 15) is 0 Å². The van der Waals surface area contributed by atoms with Gasteiger partial charge in [0.15, 0.2) is 4.47 Å². The van der Waals surface area contributed by atoms with Gasteiger partial charge in [-0.15, -0.1) is 0 Å². The Morgan fingerprint density at radius 1 is 1.56 bits per heavy atom. The third-order valence-electron chi connectivity index (χ3n) is 0.857. The van der Waals surface area contributed by atoms with Crippen molar-refractivity contribution in [1.29, 1.82) is 0 Å². The van der Waals surface area contributed by atoms with E-state index in [1.807, 2.05) is 13.3 Å². The molecule has 1 nitrogen and oxygen atoms in total. The number of aromatic nitrogens is 1. The number of nitrogens with zero attached hydrogens (tertiary/aromatic N) is 1. The van der Waals surface area contributed by atoms with Gasteiger partial charge in [-0.25, -0.2) is 4.98 Å². The first kappa shape index (κ1) is 7.32. The van der Waals surface area contributed by atoms with Crippen LogP contribution in [0.2, 0.25) is 8.80 Å². The molecule has 1 aromatic rings. The fourth-order valence-corrected chi connectivity index (χ4v) is 1.84. The standard InChI is InChI=1S/C5H4Cl2NS/c1-2-3-4(6)9-5(7)8-3/h2H,1H3. The maximum absolute atomic E-state index is 5.69. The van der Waals surface area contributed by atoms with E-state index in [1.165, 1.54) is 11.3 Å². The maximum atomic E-state index is 5.69. The molecular weight excluding hydrogens is 177 g/mol. The van der Waals surface area contributed by atoms with E-state index in [-0.39, 0.29) is 0 Å². The Morgan fingerprint density at radius 2 is 2.22 bits per heavy atom. The lowest BCUT2D eigenvalue weighted by atomic mass is 10.4. The Bertz CT molecular complexity index is 209. The molecule has 0 atom stereocenters. The molecule has 0 saturated carbocycles. The van der Waals surface area contributed by atoms with Crippen LogP contribution in [-0.2, 0) is 0 Å². The van der Waals surface area contributed by atoms with Gasteiger partial charge in [0.25, 0.3) is 0 Å². The fourth-order valence-electron chi connectivity index (χ4n) is 0.466. The summed E-state index contributed by atoms with van der Waals surface area (Å²) in [5, 5.41) is 0. The van der Waals surface area contributed by atoms with Crippen LogP contribution in [-0.4, -0.2) is 4.98 Å². The first-order valence-electron chi connectivity index (χ1n) is 2.35. The summed E-state index contributed by atoms with van der Waals surface area (Å²) in [5.41, 5.74) is 0.770. The van der Waals surface area contributed by atoms with Crippen molar-refractivity contribution in [2.24, 2.45) is 0 Å². The lowest BCUT2D eigenvalue weighted by Gasteiger charge is -1.82. The van der Waals surface area contributed by atoms with Gasteiger partial charge in [0.05, 0.1) is 5.69 Å². The summed E-state index contributed by atoms with van der Waals surface area (Å²) in [6.07, 6.45) is 1.82. The summed E-state index contributed by atoms with van der Waals surface area (Å²) in [7, 11) is 0. The molecule has 0 N–H and O–H groups in total. The molecule has 1 heterocycles. The molecule has 0 bridgehead atoms. The molecule has 9 heavy (non-hydrogen) atoms. The number of hydrogen-bond donors (Lipinski definition) is 0. The lowest BCUT2D eigenvalue weighted by molar-refractivity contribution is 1.26. The van der Waals surface area contributed by atoms with Gasteiger partial charge < -0.3 is 0 Å². The van der Waals surface area contributed by atoms with Crippen LogP contribution in [0.3, 0.4) is 0 Å². The highest BCUT2D eigenvalue weighted by Gasteiger charge is 2.03. The van der Waals surface area contributed by atoms with Gasteiger partial charge in [-0.3, -0.25) is 0 Å². The first-order chi connectivity index (χ1) is 4.24. The Morgan fingerprint density at radius 3 is 2.44 bits per heavy atom. The summed E-state index contributed by atoms with van der Waals surface area (Å²) in [5.74, 6) is 0. The van der Waals surface area contributed by atoms with Gasteiger partial charge in [-0.2, -0.15) is 0 Å². The average Bonchev–Trinajstić information content (AvgIpc) is 2.10. The summed E-state index contributed by atoms with van der Waals surface area (Å²) >= 11 is 12.5. The Labute approximate surface area is 67.6 Å². The SMILES string of the molecule is C[CH]c1nc(Cl)sc1Cl. The van der Waals surface area contributed by atoms with Gasteiger partial charge in [0, 0.05) is 6.42 Å². The molecule has 0 aliphatic rings. The zero-order valence-corrected chi connectivity index (χ0v) is 7.02. The van der Waals surface area contributed by atoms with Gasteiger partial charge in [0.1, 0.15) is 4.34 Å². The summed E-state index contributed by atoms with van der Waals surface area (Å²) in [6.45, 7) is 1.87. The topological polar surface area (TPSA) is 12.9 Å². The molecule has 0 aliphatic heterocycles. The van der Waals surface area contributed by atoms with Crippen molar-refractivity contribution in [2.75, 3.05) is 0 Å². The van der Waals surface area contributed by atoms with Crippen molar-refractivity contribution in [3.05, 3.63) is 20.9 Å². The van der Waals surface area contributed by atoms with Gasteiger partial charge in [0.2, 0.25) is 0 Å². The van der Waals surface area contributed by atoms with Crippen molar-refractivity contribution >= 4 is 34.5 Å². The van der Waals surface area contributed by atoms with Crippen molar-refractivity contribution in [3.63, 3.8) is 0 Å². The predicted molar refractivity (Wildman–Crippen MR) is 41.2 cm³/mol. The van der Waals surface area contributed by atoms with Crippen LogP contribution >= 0.6 is 34.5 Å². The second kappa shape index (κ2) is 2.86. The summed E-state index contributed by atoms with van der Waals surface area (Å²) in [6, 6.07) is 0. The average molecular weight is 181 g/mol. The summed E-state index contributed by atoms with van der Waals surface area (Å²) in [4.78, 5) is 3.93. The van der Waals surface area contributed by atoms with Crippen LogP contribution < -0.4 is 0 Å². The largest absolute Gasteiger partial charge is 0.228 e. The molecule has 1 aromatic heterocycles. The third-order valence-corrected chi connectivity index (χ3v) is 2.25. The lowest BCUT2D eigenvalue weighted by Crippen LogP contribution is -1.74. The molecule has 0 unspecified atom stereocenters. The molecule has 49 valence electrons. The van der Waals surface area contributed by atoms with E-state index in [4.69, 9.17) is 23.2 Å². The van der Waals surface area contributed by atoms with E-state index in [2.05, 4.69) is 4.98 Å². The normalized spacial score (nSPS) is 10.1. The fraction of sp³-hybridized carbons (Fsp3) is 0.200. The van der Waals surface area contributed by atoms with Gasteiger partial charge >= 0.3 is 0 Å². The molecule has 4 heteroatoms. The minimum Gasteiger partial charge on any atom is -0.228 e. The number of halogens is 2. The minimum absolute atomic E-state index is 0.494. The monoisotopic (exact) mass is 180 g/mol. The van der Waals surface area contributed by atoms with E-state index in [1.54, 1.807) is 0 Å². The number of hydrogen-bond acceptors (Lipinski definition) is 2. The van der Waals surface area contributed by atoms with Gasteiger partial charge in [-0.05, 0) is 0 Å². The van der Waals surface area contributed by atoms with Crippen molar-refractivity contribution < 1.29 is 0 Å².